The fourth-order valence-electron chi connectivity index (χ4n) is 2.84. The predicted octanol–water partition coefficient (Wildman–Crippen LogP) is 2.06. The fourth-order valence-corrected chi connectivity index (χ4v) is 2.84. The summed E-state index contributed by atoms with van der Waals surface area (Å²) in [6, 6.07) is 4.15. The van der Waals surface area contributed by atoms with Crippen molar-refractivity contribution in [2.45, 2.75) is 32.4 Å². The lowest BCUT2D eigenvalue weighted by Gasteiger charge is -2.34. The molecule has 2 heterocycles. The Kier molecular flexibility index (Phi) is 4.11. The lowest BCUT2D eigenvalue weighted by atomic mass is 10.2. The highest BCUT2D eigenvalue weighted by Crippen LogP contribution is 2.42. The number of fused-ring (bicyclic) bond motifs is 1. The minimum Gasteiger partial charge on any atom is -0.395 e. The van der Waals surface area contributed by atoms with Gasteiger partial charge in [0.1, 0.15) is 0 Å². The second-order valence-electron chi connectivity index (χ2n) is 5.83. The summed E-state index contributed by atoms with van der Waals surface area (Å²) in [5, 5.41) is 2.67. The molecule has 6 nitrogen and oxygen atoms in total. The van der Waals surface area contributed by atoms with Gasteiger partial charge in [-0.2, -0.15) is 0 Å². The molecule has 1 N–H and O–H groups in total. The second kappa shape index (κ2) is 5.93. The van der Waals surface area contributed by atoms with Crippen LogP contribution >= 0.6 is 0 Å². The molecule has 0 bridgehead atoms. The maximum absolute atomic E-state index is 13.0. The number of halogens is 2. The highest BCUT2D eigenvalue weighted by molar-refractivity contribution is 5.92. The summed E-state index contributed by atoms with van der Waals surface area (Å²) in [7, 11) is 0. The van der Waals surface area contributed by atoms with Gasteiger partial charge in [-0.1, -0.05) is 0 Å². The van der Waals surface area contributed by atoms with Gasteiger partial charge in [0.2, 0.25) is 5.91 Å². The summed E-state index contributed by atoms with van der Waals surface area (Å²) < 4.78 is 40.2. The third-order valence-corrected chi connectivity index (χ3v) is 3.55. The maximum atomic E-state index is 13.0. The number of hydrogen-bond acceptors (Lipinski definition) is 5. The van der Waals surface area contributed by atoms with E-state index < -0.39 is 6.29 Å². The molecule has 0 radical (unpaired) electrons. The van der Waals surface area contributed by atoms with Crippen LogP contribution in [0.15, 0.2) is 18.2 Å². The Labute approximate surface area is 132 Å². The van der Waals surface area contributed by atoms with E-state index in [1.807, 2.05) is 18.7 Å². The molecule has 1 aromatic rings. The lowest BCUT2D eigenvalue weighted by Crippen LogP contribution is -2.48. The molecule has 1 amide bonds. The van der Waals surface area contributed by atoms with Crippen molar-refractivity contribution in [2.75, 3.05) is 25.0 Å². The fraction of sp³-hybridized carbons (Fsp3) is 0.533. The van der Waals surface area contributed by atoms with E-state index in [0.29, 0.717) is 18.8 Å². The van der Waals surface area contributed by atoms with Gasteiger partial charge in [0.05, 0.1) is 18.8 Å². The molecule has 0 unspecified atom stereocenters. The van der Waals surface area contributed by atoms with Crippen LogP contribution in [0.1, 0.15) is 13.8 Å². The summed E-state index contributed by atoms with van der Waals surface area (Å²) in [5.74, 6) is -0.373. The van der Waals surface area contributed by atoms with Gasteiger partial charge in [0.25, 0.3) is 0 Å². The van der Waals surface area contributed by atoms with Gasteiger partial charge in [-0.05, 0) is 26.0 Å². The van der Waals surface area contributed by atoms with Crippen LogP contribution in [-0.4, -0.2) is 48.9 Å². The van der Waals surface area contributed by atoms with Crippen molar-refractivity contribution < 1.29 is 27.8 Å². The highest BCUT2D eigenvalue weighted by atomic mass is 19.3. The Morgan fingerprint density at radius 1 is 1.26 bits per heavy atom. The van der Waals surface area contributed by atoms with Crippen LogP contribution in [0, 0.1) is 0 Å². The summed E-state index contributed by atoms with van der Waals surface area (Å²) in [6.07, 6.45) is -3.52. The average molecular weight is 328 g/mol. The Morgan fingerprint density at radius 3 is 2.61 bits per heavy atom. The number of rotatable bonds is 3. The summed E-state index contributed by atoms with van der Waals surface area (Å²) in [4.78, 5) is 14.1. The molecule has 0 spiro atoms. The number of alkyl halides is 2. The van der Waals surface area contributed by atoms with Gasteiger partial charge < -0.3 is 19.5 Å². The normalized spacial score (nSPS) is 26.1. The van der Waals surface area contributed by atoms with Gasteiger partial charge >= 0.3 is 6.29 Å². The minimum atomic E-state index is -3.66. The number of carbonyl (C=O) groups is 1. The van der Waals surface area contributed by atoms with Crippen molar-refractivity contribution in [1.82, 2.24) is 4.90 Å². The maximum Gasteiger partial charge on any atom is 0.586 e. The zero-order chi connectivity index (χ0) is 16.6. The largest absolute Gasteiger partial charge is 0.586 e. The monoisotopic (exact) mass is 328 g/mol. The third kappa shape index (κ3) is 3.89. The number of nitrogens with one attached hydrogen (secondary N) is 1. The Bertz CT molecular complexity index is 601. The van der Waals surface area contributed by atoms with E-state index in [4.69, 9.17) is 4.74 Å². The number of benzene rings is 1. The summed E-state index contributed by atoms with van der Waals surface area (Å²) >= 11 is 0. The minimum absolute atomic E-state index is 0.0520. The third-order valence-electron chi connectivity index (χ3n) is 3.55. The number of nitrogens with zero attached hydrogens (tertiary/aromatic N) is 1. The quantitative estimate of drug-likeness (QED) is 0.920. The zero-order valence-electron chi connectivity index (χ0n) is 12.8. The Hall–Kier alpha value is -1.93. The zero-order valence-corrected chi connectivity index (χ0v) is 12.8. The Balaban J connectivity index is 1.59. The van der Waals surface area contributed by atoms with E-state index in [9.17, 15) is 13.6 Å². The first-order chi connectivity index (χ1) is 10.8. The van der Waals surface area contributed by atoms with Gasteiger partial charge in [-0.15, -0.1) is 8.78 Å². The van der Waals surface area contributed by atoms with E-state index >= 15 is 0 Å². The first-order valence-corrected chi connectivity index (χ1v) is 7.38. The van der Waals surface area contributed by atoms with E-state index in [0.717, 1.165) is 0 Å². The van der Waals surface area contributed by atoms with E-state index in [2.05, 4.69) is 14.8 Å². The predicted molar refractivity (Wildman–Crippen MR) is 77.7 cm³/mol. The van der Waals surface area contributed by atoms with Crippen molar-refractivity contribution in [3.05, 3.63) is 18.2 Å². The molecule has 126 valence electrons. The number of ether oxygens (including phenoxy) is 3. The molecule has 23 heavy (non-hydrogen) atoms. The van der Waals surface area contributed by atoms with Gasteiger partial charge in [0, 0.05) is 24.8 Å². The number of amides is 1. The average Bonchev–Trinajstić information content (AvgIpc) is 2.70. The molecule has 1 saturated heterocycles. The molecule has 0 aromatic heterocycles. The topological polar surface area (TPSA) is 60.0 Å². The number of carbonyl (C=O) groups excluding carboxylic acids is 1. The van der Waals surface area contributed by atoms with Crippen molar-refractivity contribution in [2.24, 2.45) is 0 Å². The van der Waals surface area contributed by atoms with Gasteiger partial charge in [-0.3, -0.25) is 9.69 Å². The number of hydrogen-bond donors (Lipinski definition) is 1. The molecular formula is C15H18F2N2O4. The lowest BCUT2D eigenvalue weighted by molar-refractivity contribution is -0.286. The summed E-state index contributed by atoms with van der Waals surface area (Å²) in [5.41, 5.74) is 0.379. The van der Waals surface area contributed by atoms with Crippen LogP contribution in [0.4, 0.5) is 14.5 Å². The van der Waals surface area contributed by atoms with Crippen molar-refractivity contribution in [1.29, 1.82) is 0 Å². The smallest absolute Gasteiger partial charge is 0.395 e. The molecule has 3 rings (SSSR count). The molecule has 2 aliphatic rings. The van der Waals surface area contributed by atoms with Crippen LogP contribution in [0.2, 0.25) is 0 Å². The van der Waals surface area contributed by atoms with Crippen LogP contribution in [0.25, 0.3) is 0 Å². The van der Waals surface area contributed by atoms with Crippen molar-refractivity contribution >= 4 is 11.6 Å². The Morgan fingerprint density at radius 2 is 1.91 bits per heavy atom. The van der Waals surface area contributed by atoms with E-state index in [1.165, 1.54) is 18.2 Å². The van der Waals surface area contributed by atoms with Crippen molar-refractivity contribution in [3.63, 3.8) is 0 Å². The van der Waals surface area contributed by atoms with Crippen LogP contribution in [0.5, 0.6) is 11.5 Å². The van der Waals surface area contributed by atoms with Crippen LogP contribution < -0.4 is 14.8 Å². The molecular weight excluding hydrogens is 310 g/mol. The highest BCUT2D eigenvalue weighted by Gasteiger charge is 2.43. The molecule has 1 aromatic carbocycles. The van der Waals surface area contributed by atoms with Gasteiger partial charge in [-0.25, -0.2) is 0 Å². The molecule has 2 aliphatic heterocycles. The summed E-state index contributed by atoms with van der Waals surface area (Å²) in [6.45, 7) is 5.47. The standard InChI is InChI=1S/C15H18F2N2O4/c1-9-6-19(7-10(2)21-9)8-14(20)18-11-3-4-12-13(5-11)23-15(16,17)22-12/h3-5,9-10H,6-8H2,1-2H3,(H,18,20)/t9-,10-/m1/s1. The number of anilines is 1. The second-order valence-corrected chi connectivity index (χ2v) is 5.83. The SMILES string of the molecule is C[C@@H]1CN(CC(=O)Nc2ccc3c(c2)OC(F)(F)O3)C[C@@H](C)O1. The molecule has 0 saturated carbocycles. The molecule has 2 atom stereocenters. The van der Waals surface area contributed by atoms with E-state index in [1.54, 1.807) is 0 Å². The number of morpholine rings is 1. The molecule has 0 aliphatic carbocycles. The first-order valence-electron chi connectivity index (χ1n) is 7.38. The van der Waals surface area contributed by atoms with Crippen LogP contribution in [0.3, 0.4) is 0 Å². The van der Waals surface area contributed by atoms with E-state index in [-0.39, 0.29) is 36.2 Å². The van der Waals surface area contributed by atoms with Crippen molar-refractivity contribution in [3.8, 4) is 11.5 Å². The van der Waals surface area contributed by atoms with Crippen LogP contribution in [-0.2, 0) is 9.53 Å². The first kappa shape index (κ1) is 15.9. The molecule has 1 fully saturated rings. The van der Waals surface area contributed by atoms with Gasteiger partial charge in [0.15, 0.2) is 11.5 Å². The molecule has 8 heteroatoms.